The number of amides is 2. The Morgan fingerprint density at radius 2 is 1.48 bits per heavy atom. The SMILES string of the molecule is O=C(N[C@H](Cc1ccc(Cl)cc1)C(=O)O)C(=Cc1cccc(C(F)(F)F)c1)NC(=O)c1ccc(-c2ccccc2)cc1. The minimum absolute atomic E-state index is 0.0284. The second kappa shape index (κ2) is 13.2. The van der Waals surface area contributed by atoms with Gasteiger partial charge in [-0.15, -0.1) is 0 Å². The number of aliphatic carboxylic acids is 1. The summed E-state index contributed by atoms with van der Waals surface area (Å²) in [5.74, 6) is -3.06. The van der Waals surface area contributed by atoms with Crippen molar-refractivity contribution >= 4 is 35.5 Å². The maximum Gasteiger partial charge on any atom is 0.416 e. The topological polar surface area (TPSA) is 95.5 Å². The molecule has 0 spiro atoms. The summed E-state index contributed by atoms with van der Waals surface area (Å²) in [5.41, 5.74) is 1.09. The molecule has 10 heteroatoms. The van der Waals surface area contributed by atoms with E-state index in [-0.39, 0.29) is 17.5 Å². The van der Waals surface area contributed by atoms with Crippen LogP contribution in [0.15, 0.2) is 109 Å². The first-order valence-corrected chi connectivity index (χ1v) is 13.0. The van der Waals surface area contributed by atoms with Crippen molar-refractivity contribution in [1.29, 1.82) is 0 Å². The first-order chi connectivity index (χ1) is 20.0. The highest BCUT2D eigenvalue weighted by molar-refractivity contribution is 6.30. The van der Waals surface area contributed by atoms with Crippen molar-refractivity contribution < 1.29 is 32.7 Å². The second-order valence-corrected chi connectivity index (χ2v) is 9.71. The lowest BCUT2D eigenvalue weighted by atomic mass is 10.0. The Bertz CT molecular complexity index is 1600. The summed E-state index contributed by atoms with van der Waals surface area (Å²) in [6.45, 7) is 0. The van der Waals surface area contributed by atoms with Crippen molar-refractivity contribution in [1.82, 2.24) is 10.6 Å². The molecule has 0 unspecified atom stereocenters. The fourth-order valence-corrected chi connectivity index (χ4v) is 4.19. The van der Waals surface area contributed by atoms with Crippen LogP contribution in [-0.2, 0) is 22.2 Å². The normalized spacial score (nSPS) is 12.3. The first-order valence-electron chi connectivity index (χ1n) is 12.6. The van der Waals surface area contributed by atoms with Gasteiger partial charge in [-0.3, -0.25) is 9.59 Å². The van der Waals surface area contributed by atoms with Crippen LogP contribution in [0.4, 0.5) is 13.2 Å². The number of hydrogen-bond donors (Lipinski definition) is 3. The van der Waals surface area contributed by atoms with Crippen LogP contribution in [-0.4, -0.2) is 28.9 Å². The van der Waals surface area contributed by atoms with Gasteiger partial charge in [-0.05, 0) is 64.7 Å². The predicted octanol–water partition coefficient (Wildman–Crippen LogP) is 6.61. The van der Waals surface area contributed by atoms with E-state index in [9.17, 15) is 32.7 Å². The number of alkyl halides is 3. The molecule has 0 aromatic heterocycles. The summed E-state index contributed by atoms with van der Waals surface area (Å²) in [6, 6.07) is 25.0. The van der Waals surface area contributed by atoms with Crippen LogP contribution in [0.3, 0.4) is 0 Å². The Morgan fingerprint density at radius 3 is 2.10 bits per heavy atom. The zero-order valence-corrected chi connectivity index (χ0v) is 22.6. The minimum Gasteiger partial charge on any atom is -0.480 e. The smallest absolute Gasteiger partial charge is 0.416 e. The number of rotatable bonds is 9. The predicted molar refractivity (Wildman–Crippen MR) is 153 cm³/mol. The van der Waals surface area contributed by atoms with Crippen molar-refractivity contribution in [2.75, 3.05) is 0 Å². The van der Waals surface area contributed by atoms with Gasteiger partial charge in [0.1, 0.15) is 11.7 Å². The molecule has 3 N–H and O–H groups in total. The molecule has 0 saturated carbocycles. The molecule has 0 aliphatic carbocycles. The monoisotopic (exact) mass is 592 g/mol. The largest absolute Gasteiger partial charge is 0.480 e. The molecule has 0 aliphatic rings. The van der Waals surface area contributed by atoms with E-state index >= 15 is 0 Å². The van der Waals surface area contributed by atoms with E-state index in [1.54, 1.807) is 36.4 Å². The molecule has 0 aliphatic heterocycles. The van der Waals surface area contributed by atoms with Gasteiger partial charge in [0.25, 0.3) is 11.8 Å². The molecule has 0 saturated heterocycles. The molecule has 4 rings (SSSR count). The summed E-state index contributed by atoms with van der Waals surface area (Å²) in [6.07, 6.45) is -3.69. The highest BCUT2D eigenvalue weighted by atomic mass is 35.5. The van der Waals surface area contributed by atoms with Crippen LogP contribution >= 0.6 is 11.6 Å². The molecule has 0 radical (unpaired) electrons. The number of nitrogens with one attached hydrogen (secondary N) is 2. The average Bonchev–Trinajstić information content (AvgIpc) is 2.97. The van der Waals surface area contributed by atoms with Crippen LogP contribution < -0.4 is 10.6 Å². The third-order valence-corrected chi connectivity index (χ3v) is 6.48. The van der Waals surface area contributed by atoms with Crippen LogP contribution in [0.25, 0.3) is 17.2 Å². The number of halogens is 4. The third kappa shape index (κ3) is 8.08. The zero-order chi connectivity index (χ0) is 30.3. The number of carbonyl (C=O) groups is 3. The molecule has 4 aromatic rings. The molecule has 0 bridgehead atoms. The van der Waals surface area contributed by atoms with Crippen LogP contribution in [0.2, 0.25) is 5.02 Å². The van der Waals surface area contributed by atoms with E-state index in [0.717, 1.165) is 35.4 Å². The fourth-order valence-electron chi connectivity index (χ4n) is 4.06. The molecular formula is C32H24ClF3N2O4. The van der Waals surface area contributed by atoms with Crippen molar-refractivity contribution in [2.24, 2.45) is 0 Å². The lowest BCUT2D eigenvalue weighted by molar-refractivity contribution is -0.141. The van der Waals surface area contributed by atoms with Gasteiger partial charge in [0.05, 0.1) is 5.56 Å². The van der Waals surface area contributed by atoms with Crippen molar-refractivity contribution in [3.8, 4) is 11.1 Å². The van der Waals surface area contributed by atoms with Crippen LogP contribution in [0.1, 0.15) is 27.0 Å². The maximum absolute atomic E-state index is 13.3. The van der Waals surface area contributed by atoms with Crippen LogP contribution in [0.5, 0.6) is 0 Å². The second-order valence-electron chi connectivity index (χ2n) is 9.27. The number of carbonyl (C=O) groups excluding carboxylic acids is 2. The summed E-state index contributed by atoms with van der Waals surface area (Å²) in [7, 11) is 0. The molecule has 1 atom stereocenters. The summed E-state index contributed by atoms with van der Waals surface area (Å²) in [4.78, 5) is 38.4. The van der Waals surface area contributed by atoms with E-state index in [2.05, 4.69) is 10.6 Å². The molecule has 214 valence electrons. The van der Waals surface area contributed by atoms with E-state index in [4.69, 9.17) is 11.6 Å². The van der Waals surface area contributed by atoms with E-state index < -0.39 is 41.3 Å². The van der Waals surface area contributed by atoms with Gasteiger partial charge in [0.2, 0.25) is 0 Å². The van der Waals surface area contributed by atoms with Gasteiger partial charge in [0, 0.05) is 17.0 Å². The molecular weight excluding hydrogens is 569 g/mol. The Hall–Kier alpha value is -4.89. The maximum atomic E-state index is 13.3. The summed E-state index contributed by atoms with van der Waals surface area (Å²) in [5, 5.41) is 15.0. The van der Waals surface area contributed by atoms with Crippen molar-refractivity contribution in [2.45, 2.75) is 18.6 Å². The highest BCUT2D eigenvalue weighted by Gasteiger charge is 2.30. The molecule has 0 heterocycles. The zero-order valence-electron chi connectivity index (χ0n) is 21.9. The molecule has 42 heavy (non-hydrogen) atoms. The molecule has 4 aromatic carbocycles. The van der Waals surface area contributed by atoms with E-state index in [1.807, 2.05) is 30.3 Å². The Morgan fingerprint density at radius 1 is 0.833 bits per heavy atom. The van der Waals surface area contributed by atoms with E-state index in [1.165, 1.54) is 18.2 Å². The number of carboxylic acids is 1. The Balaban J connectivity index is 1.62. The van der Waals surface area contributed by atoms with Gasteiger partial charge in [-0.1, -0.05) is 78.3 Å². The highest BCUT2D eigenvalue weighted by Crippen LogP contribution is 2.30. The number of hydrogen-bond acceptors (Lipinski definition) is 3. The third-order valence-electron chi connectivity index (χ3n) is 6.23. The molecule has 2 amide bonds. The summed E-state index contributed by atoms with van der Waals surface area (Å²) >= 11 is 5.89. The quantitative estimate of drug-likeness (QED) is 0.191. The van der Waals surface area contributed by atoms with Gasteiger partial charge in [-0.2, -0.15) is 13.2 Å². The standard InChI is InChI=1S/C32H24ClF3N2O4/c33-26-15-9-20(10-16-26)18-28(31(41)42)38-30(40)27(19-21-5-4-8-25(17-21)32(34,35)36)37-29(39)24-13-11-23(12-14-24)22-6-2-1-3-7-22/h1-17,19,28H,18H2,(H,37,39)(H,38,40)(H,41,42)/t28-/m1/s1. The lowest BCUT2D eigenvalue weighted by Crippen LogP contribution is -2.45. The minimum atomic E-state index is -4.64. The van der Waals surface area contributed by atoms with Gasteiger partial charge in [0.15, 0.2) is 0 Å². The number of benzene rings is 4. The molecule has 6 nitrogen and oxygen atoms in total. The van der Waals surface area contributed by atoms with Gasteiger partial charge < -0.3 is 15.7 Å². The van der Waals surface area contributed by atoms with Crippen LogP contribution in [0, 0.1) is 0 Å². The lowest BCUT2D eigenvalue weighted by Gasteiger charge is -2.17. The van der Waals surface area contributed by atoms with Crippen molar-refractivity contribution in [3.05, 3.63) is 136 Å². The number of carboxylic acid groups (broad SMARTS) is 1. The van der Waals surface area contributed by atoms with Crippen molar-refractivity contribution in [3.63, 3.8) is 0 Å². The first kappa shape index (κ1) is 30.1. The Labute approximate surface area is 244 Å². The Kier molecular flexibility index (Phi) is 9.44. The fraction of sp³-hybridized carbons (Fsp3) is 0.0938. The van der Waals surface area contributed by atoms with Gasteiger partial charge in [-0.25, -0.2) is 4.79 Å². The average molecular weight is 593 g/mol. The molecule has 0 fully saturated rings. The van der Waals surface area contributed by atoms with Gasteiger partial charge >= 0.3 is 12.1 Å². The summed E-state index contributed by atoms with van der Waals surface area (Å²) < 4.78 is 39.9. The van der Waals surface area contributed by atoms with E-state index in [0.29, 0.717) is 10.6 Å².